The van der Waals surface area contributed by atoms with Gasteiger partial charge < -0.3 is 10.8 Å². The summed E-state index contributed by atoms with van der Waals surface area (Å²) in [6.45, 7) is 0.0476. The van der Waals surface area contributed by atoms with Crippen molar-refractivity contribution < 1.29 is 13.5 Å². The Morgan fingerprint density at radius 1 is 1.07 bits per heavy atom. The lowest BCUT2D eigenvalue weighted by molar-refractivity contribution is 0.198. The maximum Gasteiger partial charge on any atom is 0.178 e. The second-order valence-corrected chi connectivity index (χ2v) is 10.7. The molecule has 0 amide bonds. The Hall–Kier alpha value is -1.69. The van der Waals surface area contributed by atoms with Crippen LogP contribution in [0.1, 0.15) is 48.3 Å². The molecule has 4 rings (SSSR count). The second kappa shape index (κ2) is 7.62. The van der Waals surface area contributed by atoms with E-state index in [-0.39, 0.29) is 18.3 Å². The summed E-state index contributed by atoms with van der Waals surface area (Å²) in [7, 11) is -3.24. The van der Waals surface area contributed by atoms with Crippen molar-refractivity contribution >= 4 is 9.84 Å². The first-order valence-electron chi connectivity index (χ1n) is 10.2. The molecule has 2 aliphatic carbocycles. The Morgan fingerprint density at radius 3 is 2.57 bits per heavy atom. The predicted octanol–water partition coefficient (Wildman–Crippen LogP) is 3.22. The summed E-state index contributed by atoms with van der Waals surface area (Å²) in [5.74, 6) is 0.798. The molecule has 0 aromatic heterocycles. The zero-order valence-corrected chi connectivity index (χ0v) is 17.0. The van der Waals surface area contributed by atoms with Crippen LogP contribution in [0.2, 0.25) is 0 Å². The average Bonchev–Trinajstić information content (AvgIpc) is 3.11. The highest BCUT2D eigenvalue weighted by Crippen LogP contribution is 2.40. The summed E-state index contributed by atoms with van der Waals surface area (Å²) in [6.07, 6.45) is 5.38. The van der Waals surface area contributed by atoms with Crippen molar-refractivity contribution in [1.82, 2.24) is 0 Å². The number of rotatable bonds is 5. The van der Waals surface area contributed by atoms with Crippen molar-refractivity contribution in [2.24, 2.45) is 11.7 Å². The molecule has 0 saturated heterocycles. The Bertz CT molecular complexity index is 942. The first-order chi connectivity index (χ1) is 13.4. The number of hydrogen-bond acceptors (Lipinski definition) is 4. The van der Waals surface area contributed by atoms with E-state index in [2.05, 4.69) is 18.2 Å². The third kappa shape index (κ3) is 4.02. The molecule has 1 fully saturated rings. The number of aliphatic hydroxyl groups is 1. The lowest BCUT2D eigenvalue weighted by Crippen LogP contribution is -2.40. The zero-order valence-electron chi connectivity index (χ0n) is 16.2. The number of fused-ring (bicyclic) bond motifs is 1. The van der Waals surface area contributed by atoms with Crippen molar-refractivity contribution in [3.63, 3.8) is 0 Å². The Kier molecular flexibility index (Phi) is 5.34. The molecule has 3 N–H and O–H groups in total. The van der Waals surface area contributed by atoms with Gasteiger partial charge in [-0.25, -0.2) is 8.42 Å². The SMILES string of the molecule is N[C@]1(CO)CC[C@H](c2ccc3c(c2)CCC(CS(=O)(=O)c2ccccc2)C3)C1. The number of aliphatic hydroxyl groups excluding tert-OH is 1. The van der Waals surface area contributed by atoms with Gasteiger partial charge in [0.2, 0.25) is 0 Å². The van der Waals surface area contributed by atoms with Crippen LogP contribution in [0.25, 0.3) is 0 Å². The molecule has 28 heavy (non-hydrogen) atoms. The molecule has 5 heteroatoms. The number of aryl methyl sites for hydroxylation is 1. The largest absolute Gasteiger partial charge is 0.394 e. The van der Waals surface area contributed by atoms with E-state index in [9.17, 15) is 13.5 Å². The fraction of sp³-hybridized carbons (Fsp3) is 0.478. The molecule has 0 radical (unpaired) electrons. The minimum absolute atomic E-state index is 0.0476. The van der Waals surface area contributed by atoms with Crippen LogP contribution in [0.3, 0.4) is 0 Å². The highest BCUT2D eigenvalue weighted by molar-refractivity contribution is 7.91. The van der Waals surface area contributed by atoms with Crippen molar-refractivity contribution in [3.05, 3.63) is 65.2 Å². The van der Waals surface area contributed by atoms with Gasteiger partial charge in [0.25, 0.3) is 0 Å². The second-order valence-electron chi connectivity index (χ2n) is 8.69. The minimum atomic E-state index is -3.24. The van der Waals surface area contributed by atoms with Crippen LogP contribution >= 0.6 is 0 Å². The van der Waals surface area contributed by atoms with Crippen molar-refractivity contribution in [3.8, 4) is 0 Å². The summed E-state index contributed by atoms with van der Waals surface area (Å²) in [4.78, 5) is 0.423. The average molecular weight is 400 g/mol. The molecule has 0 heterocycles. The summed E-state index contributed by atoms with van der Waals surface area (Å²) in [6, 6.07) is 15.4. The molecule has 4 nitrogen and oxygen atoms in total. The third-order valence-electron chi connectivity index (χ3n) is 6.55. The van der Waals surface area contributed by atoms with Crippen LogP contribution in [0.15, 0.2) is 53.4 Å². The predicted molar refractivity (Wildman–Crippen MR) is 111 cm³/mol. The van der Waals surface area contributed by atoms with E-state index in [0.29, 0.717) is 10.8 Å². The lowest BCUT2D eigenvalue weighted by atomic mass is 9.82. The van der Waals surface area contributed by atoms with E-state index < -0.39 is 15.4 Å². The van der Waals surface area contributed by atoms with Crippen molar-refractivity contribution in [1.29, 1.82) is 0 Å². The van der Waals surface area contributed by atoms with E-state index in [1.807, 2.05) is 6.07 Å². The molecule has 3 atom stereocenters. The molecule has 0 aliphatic heterocycles. The quantitative estimate of drug-likeness (QED) is 0.809. The van der Waals surface area contributed by atoms with E-state index >= 15 is 0 Å². The van der Waals surface area contributed by atoms with Crippen LogP contribution in [-0.2, 0) is 22.7 Å². The first kappa shape index (κ1) is 19.6. The van der Waals surface area contributed by atoms with Crippen LogP contribution in [0.4, 0.5) is 0 Å². The normalized spacial score (nSPS) is 27.5. The number of hydrogen-bond donors (Lipinski definition) is 2. The van der Waals surface area contributed by atoms with Crippen LogP contribution < -0.4 is 5.73 Å². The Balaban J connectivity index is 1.45. The molecule has 2 aromatic rings. The highest BCUT2D eigenvalue weighted by atomic mass is 32.2. The van der Waals surface area contributed by atoms with Gasteiger partial charge in [0.05, 0.1) is 17.3 Å². The van der Waals surface area contributed by atoms with Crippen LogP contribution in [0, 0.1) is 5.92 Å². The molecular formula is C23H29NO3S. The topological polar surface area (TPSA) is 80.4 Å². The van der Waals surface area contributed by atoms with Gasteiger partial charge in [-0.2, -0.15) is 0 Å². The van der Waals surface area contributed by atoms with Crippen molar-refractivity contribution in [2.75, 3.05) is 12.4 Å². The summed E-state index contributed by atoms with van der Waals surface area (Å²) < 4.78 is 25.4. The first-order valence-corrected chi connectivity index (χ1v) is 11.8. The lowest BCUT2D eigenvalue weighted by Gasteiger charge is -2.26. The van der Waals surface area contributed by atoms with Gasteiger partial charge in [-0.1, -0.05) is 36.4 Å². The number of nitrogens with two attached hydrogens (primary N) is 1. The Labute approximate surface area is 167 Å². The van der Waals surface area contributed by atoms with Gasteiger partial charge >= 0.3 is 0 Å². The van der Waals surface area contributed by atoms with Gasteiger partial charge in [-0.05, 0) is 79.2 Å². The maximum absolute atomic E-state index is 12.7. The van der Waals surface area contributed by atoms with Gasteiger partial charge in [0, 0.05) is 5.54 Å². The van der Waals surface area contributed by atoms with Crippen LogP contribution in [0.5, 0.6) is 0 Å². The number of sulfone groups is 1. The molecule has 150 valence electrons. The summed E-state index contributed by atoms with van der Waals surface area (Å²) >= 11 is 0. The molecule has 2 aromatic carbocycles. The van der Waals surface area contributed by atoms with E-state index in [1.165, 1.54) is 16.7 Å². The van der Waals surface area contributed by atoms with Gasteiger partial charge in [0.1, 0.15) is 0 Å². The fourth-order valence-corrected chi connectivity index (χ4v) is 6.53. The van der Waals surface area contributed by atoms with E-state index in [0.717, 1.165) is 38.5 Å². The van der Waals surface area contributed by atoms with Gasteiger partial charge in [0.15, 0.2) is 9.84 Å². The summed E-state index contributed by atoms with van der Waals surface area (Å²) in [5, 5.41) is 9.51. The minimum Gasteiger partial charge on any atom is -0.394 e. The third-order valence-corrected chi connectivity index (χ3v) is 8.45. The smallest absolute Gasteiger partial charge is 0.178 e. The highest BCUT2D eigenvalue weighted by Gasteiger charge is 2.36. The Morgan fingerprint density at radius 2 is 1.86 bits per heavy atom. The summed E-state index contributed by atoms with van der Waals surface area (Å²) in [5.41, 5.74) is 9.75. The standard InChI is InChI=1S/C23H29NO3S/c24-23(16-25)11-10-21(14-23)20-9-8-18-12-17(6-7-19(18)13-20)15-28(26,27)22-4-2-1-3-5-22/h1-5,8-9,13,17,21,25H,6-7,10-12,14-16,24H2/t17?,21-,23+/m0/s1. The maximum atomic E-state index is 12.7. The molecule has 2 aliphatic rings. The zero-order chi connectivity index (χ0) is 19.8. The van der Waals surface area contributed by atoms with E-state index in [1.54, 1.807) is 24.3 Å². The van der Waals surface area contributed by atoms with Crippen molar-refractivity contribution in [2.45, 2.75) is 54.9 Å². The molecule has 0 spiro atoms. The number of benzene rings is 2. The molecular weight excluding hydrogens is 370 g/mol. The monoisotopic (exact) mass is 399 g/mol. The van der Waals surface area contributed by atoms with E-state index in [4.69, 9.17) is 5.73 Å². The van der Waals surface area contributed by atoms with Gasteiger partial charge in [-0.15, -0.1) is 0 Å². The molecule has 1 unspecified atom stereocenters. The van der Waals surface area contributed by atoms with Crippen LogP contribution in [-0.4, -0.2) is 31.4 Å². The molecule has 0 bridgehead atoms. The van der Waals surface area contributed by atoms with Gasteiger partial charge in [-0.3, -0.25) is 0 Å². The fourth-order valence-electron chi connectivity index (χ4n) is 4.87. The molecule has 1 saturated carbocycles.